The summed E-state index contributed by atoms with van der Waals surface area (Å²) in [5, 5.41) is 7.28. The normalized spacial score (nSPS) is 16.1. The Labute approximate surface area is 121 Å². The minimum atomic E-state index is -4.53. The van der Waals surface area contributed by atoms with Gasteiger partial charge in [-0.2, -0.15) is 13.2 Å². The van der Waals surface area contributed by atoms with Crippen LogP contribution in [0.1, 0.15) is 24.0 Å². The maximum Gasteiger partial charge on any atom is 0.417 e. The molecule has 0 amide bonds. The molecule has 7 heteroatoms. The smallest absolute Gasteiger partial charge is 0.417 e. The lowest BCUT2D eigenvalue weighted by atomic mass is 10.1. The summed E-state index contributed by atoms with van der Waals surface area (Å²) >= 11 is 0. The van der Waals surface area contributed by atoms with E-state index in [-0.39, 0.29) is 5.56 Å². The van der Waals surface area contributed by atoms with E-state index in [0.29, 0.717) is 12.4 Å². The third-order valence-electron chi connectivity index (χ3n) is 3.46. The monoisotopic (exact) mass is 301 g/mol. The van der Waals surface area contributed by atoms with Gasteiger partial charge in [-0.25, -0.2) is 0 Å². The first-order chi connectivity index (χ1) is 9.88. The summed E-state index contributed by atoms with van der Waals surface area (Å²) in [5.41, 5.74) is 3.97. The zero-order valence-electron chi connectivity index (χ0n) is 11.5. The standard InChI is InChI=1S/C14H18F3N3O/c15-14(16,17)12-4-3-10(9-11(12)13(18)19)21-8-7-20-5-1-2-6-20/h3-4,9H,1-2,5-8H2,(H3,18,19). The average molecular weight is 301 g/mol. The molecule has 21 heavy (non-hydrogen) atoms. The van der Waals surface area contributed by atoms with Crippen molar-refractivity contribution in [1.82, 2.24) is 4.90 Å². The van der Waals surface area contributed by atoms with Crippen molar-refractivity contribution in [3.05, 3.63) is 29.3 Å². The van der Waals surface area contributed by atoms with Gasteiger partial charge in [0.15, 0.2) is 0 Å². The van der Waals surface area contributed by atoms with Gasteiger partial charge in [0.25, 0.3) is 0 Å². The van der Waals surface area contributed by atoms with Gasteiger partial charge in [0.1, 0.15) is 18.2 Å². The van der Waals surface area contributed by atoms with Crippen molar-refractivity contribution in [3.63, 3.8) is 0 Å². The molecule has 1 saturated heterocycles. The fraction of sp³-hybridized carbons (Fsp3) is 0.500. The van der Waals surface area contributed by atoms with Gasteiger partial charge in [-0.15, -0.1) is 0 Å². The van der Waals surface area contributed by atoms with Crippen molar-refractivity contribution >= 4 is 5.84 Å². The number of hydrogen-bond acceptors (Lipinski definition) is 3. The lowest BCUT2D eigenvalue weighted by Gasteiger charge is -2.16. The molecule has 1 aromatic carbocycles. The quantitative estimate of drug-likeness (QED) is 0.649. The number of nitrogens with zero attached hydrogens (tertiary/aromatic N) is 1. The Balaban J connectivity index is 2.03. The highest BCUT2D eigenvalue weighted by Gasteiger charge is 2.34. The largest absolute Gasteiger partial charge is 0.492 e. The number of nitrogen functional groups attached to an aromatic ring is 1. The summed E-state index contributed by atoms with van der Waals surface area (Å²) in [7, 11) is 0. The highest BCUT2D eigenvalue weighted by atomic mass is 19.4. The molecule has 0 atom stereocenters. The van der Waals surface area contributed by atoms with Gasteiger partial charge in [0.2, 0.25) is 0 Å². The van der Waals surface area contributed by atoms with Crippen LogP contribution in [0.2, 0.25) is 0 Å². The zero-order valence-corrected chi connectivity index (χ0v) is 11.5. The molecular formula is C14H18F3N3O. The van der Waals surface area contributed by atoms with Crippen molar-refractivity contribution in [2.24, 2.45) is 5.73 Å². The number of halogens is 3. The molecule has 1 heterocycles. The topological polar surface area (TPSA) is 62.3 Å². The van der Waals surface area contributed by atoms with Crippen LogP contribution in [0.15, 0.2) is 18.2 Å². The van der Waals surface area contributed by atoms with Crippen LogP contribution in [-0.2, 0) is 6.18 Å². The molecule has 1 fully saturated rings. The molecule has 1 aliphatic heterocycles. The van der Waals surface area contributed by atoms with Crippen LogP contribution in [0.5, 0.6) is 5.75 Å². The molecule has 0 unspecified atom stereocenters. The van der Waals surface area contributed by atoms with Crippen LogP contribution in [0.25, 0.3) is 0 Å². The molecule has 0 spiro atoms. The predicted octanol–water partition coefficient (Wildman–Crippen LogP) is 2.46. The fourth-order valence-electron chi connectivity index (χ4n) is 2.38. The third-order valence-corrected chi connectivity index (χ3v) is 3.46. The van der Waals surface area contributed by atoms with E-state index < -0.39 is 17.6 Å². The summed E-state index contributed by atoms with van der Waals surface area (Å²) in [6, 6.07) is 3.34. The lowest BCUT2D eigenvalue weighted by molar-refractivity contribution is -0.137. The third kappa shape index (κ3) is 4.10. The maximum absolute atomic E-state index is 12.8. The second-order valence-electron chi connectivity index (χ2n) is 5.02. The number of ether oxygens (including phenoxy) is 1. The number of nitrogens with one attached hydrogen (secondary N) is 1. The van der Waals surface area contributed by atoms with Crippen LogP contribution in [-0.4, -0.2) is 37.0 Å². The zero-order chi connectivity index (χ0) is 15.5. The molecule has 2 rings (SSSR count). The molecule has 1 aromatic rings. The Bertz CT molecular complexity index is 511. The minimum Gasteiger partial charge on any atom is -0.492 e. The highest BCUT2D eigenvalue weighted by molar-refractivity contribution is 5.97. The van der Waals surface area contributed by atoms with Crippen LogP contribution >= 0.6 is 0 Å². The van der Waals surface area contributed by atoms with E-state index in [1.165, 1.54) is 25.0 Å². The molecule has 4 nitrogen and oxygen atoms in total. The SMILES string of the molecule is N=C(N)c1cc(OCCN2CCCC2)ccc1C(F)(F)F. The predicted molar refractivity (Wildman–Crippen MR) is 73.6 cm³/mol. The van der Waals surface area contributed by atoms with Gasteiger partial charge in [-0.05, 0) is 44.1 Å². The average Bonchev–Trinajstić information content (AvgIpc) is 2.90. The maximum atomic E-state index is 12.8. The summed E-state index contributed by atoms with van der Waals surface area (Å²) in [4.78, 5) is 2.25. The van der Waals surface area contributed by atoms with Gasteiger partial charge >= 0.3 is 6.18 Å². The van der Waals surface area contributed by atoms with Crippen LogP contribution in [0.4, 0.5) is 13.2 Å². The summed E-state index contributed by atoms with van der Waals surface area (Å²) in [6.07, 6.45) is -2.18. The molecule has 0 saturated carbocycles. The summed E-state index contributed by atoms with van der Waals surface area (Å²) in [5.74, 6) is -0.320. The van der Waals surface area contributed by atoms with E-state index in [9.17, 15) is 13.2 Å². The second-order valence-corrected chi connectivity index (χ2v) is 5.02. The first-order valence-corrected chi connectivity index (χ1v) is 6.79. The minimum absolute atomic E-state index is 0.299. The molecule has 0 aromatic heterocycles. The fourth-order valence-corrected chi connectivity index (χ4v) is 2.38. The Hall–Kier alpha value is -1.76. The van der Waals surface area contributed by atoms with Gasteiger partial charge < -0.3 is 10.5 Å². The van der Waals surface area contributed by atoms with Gasteiger partial charge in [0.05, 0.1) is 5.56 Å². The molecule has 0 radical (unpaired) electrons. The second kappa shape index (κ2) is 6.34. The molecule has 0 aliphatic carbocycles. The van der Waals surface area contributed by atoms with Crippen LogP contribution in [0.3, 0.4) is 0 Å². The Kier molecular flexibility index (Phi) is 4.72. The Morgan fingerprint density at radius 3 is 2.52 bits per heavy atom. The van der Waals surface area contributed by atoms with E-state index in [4.69, 9.17) is 15.9 Å². The molecule has 0 bridgehead atoms. The lowest BCUT2D eigenvalue weighted by Crippen LogP contribution is -2.25. The number of benzene rings is 1. The van der Waals surface area contributed by atoms with Crippen molar-refractivity contribution in [2.75, 3.05) is 26.2 Å². The van der Waals surface area contributed by atoms with E-state index in [0.717, 1.165) is 25.7 Å². The Morgan fingerprint density at radius 2 is 1.95 bits per heavy atom. The van der Waals surface area contributed by atoms with E-state index in [1.807, 2.05) is 0 Å². The first-order valence-electron chi connectivity index (χ1n) is 6.79. The van der Waals surface area contributed by atoms with Crippen LogP contribution in [0, 0.1) is 5.41 Å². The number of amidine groups is 1. The molecule has 3 N–H and O–H groups in total. The van der Waals surface area contributed by atoms with Gasteiger partial charge in [0, 0.05) is 12.1 Å². The number of alkyl halides is 3. The number of rotatable bonds is 5. The molecular weight excluding hydrogens is 283 g/mol. The number of likely N-dealkylation sites (tertiary alicyclic amines) is 1. The number of hydrogen-bond donors (Lipinski definition) is 2. The van der Waals surface area contributed by atoms with E-state index >= 15 is 0 Å². The molecule has 1 aliphatic rings. The van der Waals surface area contributed by atoms with E-state index in [2.05, 4.69) is 4.90 Å². The molecule has 116 valence electrons. The van der Waals surface area contributed by atoms with Crippen molar-refractivity contribution < 1.29 is 17.9 Å². The van der Waals surface area contributed by atoms with Crippen molar-refractivity contribution in [2.45, 2.75) is 19.0 Å². The van der Waals surface area contributed by atoms with E-state index in [1.54, 1.807) is 0 Å². The Morgan fingerprint density at radius 1 is 1.29 bits per heavy atom. The summed E-state index contributed by atoms with van der Waals surface area (Å²) in [6.45, 7) is 3.23. The first kappa shape index (κ1) is 15.6. The van der Waals surface area contributed by atoms with Gasteiger partial charge in [-0.3, -0.25) is 10.3 Å². The van der Waals surface area contributed by atoms with Crippen molar-refractivity contribution in [3.8, 4) is 5.75 Å². The summed E-state index contributed by atoms with van der Waals surface area (Å²) < 4.78 is 43.9. The van der Waals surface area contributed by atoms with Gasteiger partial charge in [-0.1, -0.05) is 0 Å². The van der Waals surface area contributed by atoms with Crippen molar-refractivity contribution in [1.29, 1.82) is 5.41 Å². The van der Waals surface area contributed by atoms with Crippen LogP contribution < -0.4 is 10.5 Å². The highest BCUT2D eigenvalue weighted by Crippen LogP contribution is 2.33. The number of nitrogens with two attached hydrogens (primary N) is 1.